The number of hydrogen-bond acceptors (Lipinski definition) is 6. The summed E-state index contributed by atoms with van der Waals surface area (Å²) in [6.45, 7) is 0.489. The van der Waals surface area contributed by atoms with Crippen LogP contribution >= 0.6 is 0 Å². The van der Waals surface area contributed by atoms with Crippen LogP contribution in [0.1, 0.15) is 23.4 Å². The molecule has 0 aliphatic carbocycles. The summed E-state index contributed by atoms with van der Waals surface area (Å²) in [5.74, 6) is -1.05. The van der Waals surface area contributed by atoms with Gasteiger partial charge in [-0.25, -0.2) is 0 Å². The quantitative estimate of drug-likeness (QED) is 0.661. The van der Waals surface area contributed by atoms with Crippen molar-refractivity contribution in [1.29, 1.82) is 0 Å². The lowest BCUT2D eigenvalue weighted by atomic mass is 10.1. The van der Waals surface area contributed by atoms with Crippen molar-refractivity contribution in [2.24, 2.45) is 0 Å². The number of amides is 4. The van der Waals surface area contributed by atoms with E-state index in [4.69, 9.17) is 9.15 Å². The Morgan fingerprint density at radius 3 is 2.93 bits per heavy atom. The Balaban J connectivity index is 1.54. The van der Waals surface area contributed by atoms with Crippen molar-refractivity contribution in [3.63, 3.8) is 0 Å². The lowest BCUT2D eigenvalue weighted by molar-refractivity contribution is -0.138. The van der Waals surface area contributed by atoms with E-state index in [9.17, 15) is 19.2 Å². The number of furan rings is 1. The molecule has 4 rings (SSSR count). The average molecular weight is 390 g/mol. The van der Waals surface area contributed by atoms with E-state index < -0.39 is 18.1 Å². The van der Waals surface area contributed by atoms with Crippen LogP contribution in [0.25, 0.3) is 0 Å². The summed E-state index contributed by atoms with van der Waals surface area (Å²) in [5.41, 5.74) is 0. The summed E-state index contributed by atoms with van der Waals surface area (Å²) in [5, 5.41) is 5.69. The van der Waals surface area contributed by atoms with E-state index in [-0.39, 0.29) is 48.6 Å². The fourth-order valence-corrected chi connectivity index (χ4v) is 4.30. The van der Waals surface area contributed by atoms with Crippen LogP contribution in [0.3, 0.4) is 0 Å². The molecule has 4 amide bonds. The zero-order valence-electron chi connectivity index (χ0n) is 15.4. The van der Waals surface area contributed by atoms with Gasteiger partial charge in [0.15, 0.2) is 5.76 Å². The average Bonchev–Trinajstić information content (AvgIpc) is 3.39. The summed E-state index contributed by atoms with van der Waals surface area (Å²) in [4.78, 5) is 53.4. The molecule has 10 nitrogen and oxygen atoms in total. The van der Waals surface area contributed by atoms with Gasteiger partial charge < -0.3 is 29.6 Å². The number of fused-ring (bicyclic) bond motifs is 2. The van der Waals surface area contributed by atoms with Crippen molar-refractivity contribution in [3.05, 3.63) is 24.2 Å². The van der Waals surface area contributed by atoms with Crippen molar-refractivity contribution in [2.45, 2.75) is 37.0 Å². The molecule has 0 saturated carbocycles. The number of carbonyl (C=O) groups is 4. The van der Waals surface area contributed by atoms with Crippen LogP contribution in [0.4, 0.5) is 0 Å². The third-order valence-electron chi connectivity index (χ3n) is 5.50. The molecule has 0 radical (unpaired) electrons. The highest BCUT2D eigenvalue weighted by molar-refractivity contribution is 5.99. The second-order valence-corrected chi connectivity index (χ2v) is 7.26. The Bertz CT molecular complexity index is 794. The van der Waals surface area contributed by atoms with Gasteiger partial charge in [0.05, 0.1) is 12.3 Å². The highest BCUT2D eigenvalue weighted by atomic mass is 16.5. The molecule has 3 fully saturated rings. The molecule has 28 heavy (non-hydrogen) atoms. The van der Waals surface area contributed by atoms with Crippen molar-refractivity contribution in [1.82, 2.24) is 20.4 Å². The van der Waals surface area contributed by atoms with Gasteiger partial charge in [-0.15, -0.1) is 0 Å². The Labute approximate surface area is 161 Å². The predicted octanol–water partition coefficient (Wildman–Crippen LogP) is -1.28. The van der Waals surface area contributed by atoms with Crippen LogP contribution in [-0.2, 0) is 19.1 Å². The molecule has 0 spiro atoms. The van der Waals surface area contributed by atoms with E-state index >= 15 is 0 Å². The number of carbonyl (C=O) groups excluding carboxylic acids is 4. The van der Waals surface area contributed by atoms with Crippen LogP contribution in [0, 0.1) is 0 Å². The molecule has 4 atom stereocenters. The first-order chi connectivity index (χ1) is 13.5. The first-order valence-electron chi connectivity index (χ1n) is 9.23. The van der Waals surface area contributed by atoms with E-state index in [0.29, 0.717) is 19.4 Å². The van der Waals surface area contributed by atoms with Crippen LogP contribution in [0.5, 0.6) is 0 Å². The Kier molecular flexibility index (Phi) is 4.80. The molecule has 4 heterocycles. The van der Waals surface area contributed by atoms with Crippen molar-refractivity contribution >= 4 is 23.6 Å². The maximum Gasteiger partial charge on any atom is 0.290 e. The fraction of sp³-hybridized carbons (Fsp3) is 0.556. The third kappa shape index (κ3) is 3.13. The summed E-state index contributed by atoms with van der Waals surface area (Å²) in [7, 11) is 1.42. The first kappa shape index (κ1) is 18.5. The zero-order valence-corrected chi connectivity index (χ0v) is 15.4. The largest absolute Gasteiger partial charge is 0.459 e. The summed E-state index contributed by atoms with van der Waals surface area (Å²) in [6, 6.07) is 0.962. The maximum absolute atomic E-state index is 13.3. The topological polar surface area (TPSA) is 121 Å². The minimum atomic E-state index is -0.778. The van der Waals surface area contributed by atoms with Crippen molar-refractivity contribution in [3.8, 4) is 0 Å². The Hall–Kier alpha value is -2.88. The molecule has 1 aromatic rings. The number of rotatable bonds is 4. The Morgan fingerprint density at radius 2 is 2.21 bits per heavy atom. The highest BCUT2D eigenvalue weighted by Crippen LogP contribution is 2.30. The number of methoxy groups -OCH3 is 1. The van der Waals surface area contributed by atoms with E-state index in [1.54, 1.807) is 12.1 Å². The van der Waals surface area contributed by atoms with Gasteiger partial charge in [0, 0.05) is 26.2 Å². The minimum absolute atomic E-state index is 0.0859. The second-order valence-electron chi connectivity index (χ2n) is 7.26. The smallest absolute Gasteiger partial charge is 0.290 e. The first-order valence-corrected chi connectivity index (χ1v) is 9.23. The summed E-state index contributed by atoms with van der Waals surface area (Å²) >= 11 is 0. The zero-order chi connectivity index (χ0) is 19.8. The van der Waals surface area contributed by atoms with E-state index in [1.807, 2.05) is 0 Å². The summed E-state index contributed by atoms with van der Waals surface area (Å²) < 4.78 is 9.99. The molecule has 150 valence electrons. The van der Waals surface area contributed by atoms with Gasteiger partial charge in [-0.05, 0) is 25.0 Å². The lowest BCUT2D eigenvalue weighted by Crippen LogP contribution is -2.52. The van der Waals surface area contributed by atoms with Gasteiger partial charge >= 0.3 is 0 Å². The molecule has 3 aliphatic heterocycles. The van der Waals surface area contributed by atoms with Gasteiger partial charge in [0.25, 0.3) is 5.91 Å². The van der Waals surface area contributed by atoms with Gasteiger partial charge in [0.2, 0.25) is 17.7 Å². The van der Waals surface area contributed by atoms with E-state index in [2.05, 4.69) is 10.6 Å². The lowest BCUT2D eigenvalue weighted by Gasteiger charge is -2.28. The van der Waals surface area contributed by atoms with Crippen molar-refractivity contribution in [2.75, 3.05) is 26.8 Å². The molecule has 10 heteroatoms. The minimum Gasteiger partial charge on any atom is -0.459 e. The third-order valence-corrected chi connectivity index (χ3v) is 5.50. The Morgan fingerprint density at radius 1 is 1.39 bits per heavy atom. The SMILES string of the molecule is COCC(=O)N[C@H]1C[C@@H]2C(=O)N[C@H]3CCN(C(=O)c4ccco4)[C@@H]3C(=O)N2C1. The van der Waals surface area contributed by atoms with Gasteiger partial charge in [-0.2, -0.15) is 0 Å². The highest BCUT2D eigenvalue weighted by Gasteiger charge is 2.52. The van der Waals surface area contributed by atoms with Gasteiger partial charge in [-0.3, -0.25) is 19.2 Å². The molecule has 3 saturated heterocycles. The summed E-state index contributed by atoms with van der Waals surface area (Å²) in [6.07, 6.45) is 2.24. The number of nitrogens with one attached hydrogen (secondary N) is 2. The molecule has 2 N–H and O–H groups in total. The maximum atomic E-state index is 13.3. The van der Waals surface area contributed by atoms with Crippen LogP contribution < -0.4 is 10.6 Å². The number of likely N-dealkylation sites (tertiary alicyclic amines) is 1. The van der Waals surface area contributed by atoms with Gasteiger partial charge in [-0.1, -0.05) is 0 Å². The molecule has 0 aromatic carbocycles. The fourth-order valence-electron chi connectivity index (χ4n) is 4.30. The number of hydrogen-bond donors (Lipinski definition) is 2. The number of ether oxygens (including phenoxy) is 1. The molecule has 1 aromatic heterocycles. The molecule has 3 aliphatic rings. The number of nitrogens with zero attached hydrogens (tertiary/aromatic N) is 2. The van der Waals surface area contributed by atoms with Crippen molar-refractivity contribution < 1.29 is 28.3 Å². The standard InChI is InChI=1S/C18H22N4O6/c1-27-9-14(23)19-10-7-12-16(24)20-11-4-5-21(15(11)18(26)22(12)8-10)17(25)13-3-2-6-28-13/h2-3,6,10-12,15H,4-5,7-9H2,1H3,(H,19,23)(H,20,24)/t10-,11-,12+,15-/m0/s1. The van der Waals surface area contributed by atoms with E-state index in [0.717, 1.165) is 0 Å². The second kappa shape index (κ2) is 7.27. The predicted molar refractivity (Wildman–Crippen MR) is 94.0 cm³/mol. The molecular weight excluding hydrogens is 368 g/mol. The molecule has 0 bridgehead atoms. The van der Waals surface area contributed by atoms with Crippen LogP contribution in [0.15, 0.2) is 22.8 Å². The monoisotopic (exact) mass is 390 g/mol. The van der Waals surface area contributed by atoms with Crippen LogP contribution in [-0.4, -0.2) is 84.4 Å². The normalized spacial score (nSPS) is 29.2. The molecular formula is C18H22N4O6. The molecule has 0 unspecified atom stereocenters. The van der Waals surface area contributed by atoms with Gasteiger partial charge in [0.1, 0.15) is 18.7 Å². The van der Waals surface area contributed by atoms with E-state index in [1.165, 1.54) is 23.2 Å². The van der Waals surface area contributed by atoms with Crippen LogP contribution in [0.2, 0.25) is 0 Å².